The van der Waals surface area contributed by atoms with Gasteiger partial charge >= 0.3 is 0 Å². The molecule has 0 aliphatic carbocycles. The topological polar surface area (TPSA) is 46.6 Å². The highest BCUT2D eigenvalue weighted by Gasteiger charge is 2.23. The summed E-state index contributed by atoms with van der Waals surface area (Å²) in [6.45, 7) is 11.2. The van der Waals surface area contributed by atoms with Crippen molar-refractivity contribution in [2.45, 2.75) is 4.90 Å². The van der Waals surface area contributed by atoms with E-state index in [1.54, 1.807) is 12.1 Å². The Morgan fingerprint density at radius 2 is 1.80 bits per heavy atom. The molecule has 4 nitrogen and oxygen atoms in total. The van der Waals surface area contributed by atoms with Crippen LogP contribution in [0.3, 0.4) is 0 Å². The van der Waals surface area contributed by atoms with Gasteiger partial charge in [-0.15, -0.1) is 13.2 Å². The van der Waals surface area contributed by atoms with Crippen LogP contribution in [0.1, 0.15) is 5.56 Å². The first kappa shape index (κ1) is 16.2. The molecule has 20 heavy (non-hydrogen) atoms. The molecule has 0 saturated heterocycles. The maximum atomic E-state index is 12.5. The predicted molar refractivity (Wildman–Crippen MR) is 82.2 cm³/mol. The zero-order valence-corrected chi connectivity index (χ0v) is 12.4. The van der Waals surface area contributed by atoms with Crippen LogP contribution in [0.5, 0.6) is 5.75 Å². The minimum absolute atomic E-state index is 0.170. The molecule has 0 unspecified atom stereocenters. The van der Waals surface area contributed by atoms with Crippen LogP contribution in [0.2, 0.25) is 0 Å². The SMILES string of the molecule is C=CCN(CC=C)S(=O)(=O)c1ccc(C=C)c(OC)c1. The van der Waals surface area contributed by atoms with Crippen LogP contribution in [0, 0.1) is 0 Å². The molecule has 0 amide bonds. The van der Waals surface area contributed by atoms with Crippen LogP contribution < -0.4 is 4.74 Å². The molecule has 0 aromatic heterocycles. The zero-order valence-electron chi connectivity index (χ0n) is 11.6. The lowest BCUT2D eigenvalue weighted by atomic mass is 10.2. The molecule has 0 radical (unpaired) electrons. The first-order valence-electron chi connectivity index (χ1n) is 6.03. The molecular formula is C15H19NO3S. The maximum Gasteiger partial charge on any atom is 0.243 e. The van der Waals surface area contributed by atoms with Crippen LogP contribution in [-0.2, 0) is 10.0 Å². The van der Waals surface area contributed by atoms with E-state index in [-0.39, 0.29) is 18.0 Å². The van der Waals surface area contributed by atoms with E-state index in [0.29, 0.717) is 5.75 Å². The van der Waals surface area contributed by atoms with E-state index in [2.05, 4.69) is 19.7 Å². The Morgan fingerprint density at radius 1 is 1.20 bits per heavy atom. The van der Waals surface area contributed by atoms with Gasteiger partial charge in [-0.1, -0.05) is 24.8 Å². The fourth-order valence-electron chi connectivity index (χ4n) is 1.73. The predicted octanol–water partition coefficient (Wildman–Crippen LogP) is 2.70. The number of ether oxygens (including phenoxy) is 1. The number of benzene rings is 1. The van der Waals surface area contributed by atoms with Crippen molar-refractivity contribution in [3.8, 4) is 5.75 Å². The molecule has 0 saturated carbocycles. The molecule has 1 rings (SSSR count). The summed E-state index contributed by atoms with van der Waals surface area (Å²) in [5, 5.41) is 0. The summed E-state index contributed by atoms with van der Waals surface area (Å²) in [6, 6.07) is 4.69. The van der Waals surface area contributed by atoms with Crippen molar-refractivity contribution >= 4 is 16.1 Å². The second-order valence-electron chi connectivity index (χ2n) is 4.01. The highest BCUT2D eigenvalue weighted by molar-refractivity contribution is 7.89. The third-order valence-electron chi connectivity index (χ3n) is 2.73. The Hall–Kier alpha value is -1.85. The minimum atomic E-state index is -3.61. The van der Waals surface area contributed by atoms with Crippen molar-refractivity contribution in [2.24, 2.45) is 0 Å². The van der Waals surface area contributed by atoms with Crippen molar-refractivity contribution in [1.82, 2.24) is 4.31 Å². The number of hydrogen-bond acceptors (Lipinski definition) is 3. The molecule has 0 fully saturated rings. The summed E-state index contributed by atoms with van der Waals surface area (Å²) in [6.07, 6.45) is 4.69. The highest BCUT2D eigenvalue weighted by atomic mass is 32.2. The second-order valence-corrected chi connectivity index (χ2v) is 5.95. The van der Waals surface area contributed by atoms with Gasteiger partial charge in [0.25, 0.3) is 0 Å². The quantitative estimate of drug-likeness (QED) is 0.692. The lowest BCUT2D eigenvalue weighted by Gasteiger charge is -2.19. The molecule has 0 heterocycles. The number of sulfonamides is 1. The van der Waals surface area contributed by atoms with Crippen LogP contribution >= 0.6 is 0 Å². The Bertz CT molecular complexity index is 596. The average molecular weight is 293 g/mol. The summed E-state index contributed by atoms with van der Waals surface area (Å²) in [7, 11) is -2.12. The monoisotopic (exact) mass is 293 g/mol. The molecule has 0 aliphatic heterocycles. The largest absolute Gasteiger partial charge is 0.496 e. The number of rotatable bonds is 8. The van der Waals surface area contributed by atoms with E-state index in [1.807, 2.05) is 0 Å². The third-order valence-corrected chi connectivity index (χ3v) is 4.56. The summed E-state index contributed by atoms with van der Waals surface area (Å²) in [4.78, 5) is 0.170. The van der Waals surface area contributed by atoms with Gasteiger partial charge < -0.3 is 4.74 Å². The molecule has 0 aliphatic rings. The smallest absolute Gasteiger partial charge is 0.243 e. The van der Waals surface area contributed by atoms with Gasteiger partial charge in [-0.25, -0.2) is 8.42 Å². The number of nitrogens with zero attached hydrogens (tertiary/aromatic N) is 1. The summed E-state index contributed by atoms with van der Waals surface area (Å²) >= 11 is 0. The Kier molecular flexibility index (Phi) is 5.73. The van der Waals surface area contributed by atoms with Crippen molar-refractivity contribution in [1.29, 1.82) is 0 Å². The van der Waals surface area contributed by atoms with Gasteiger partial charge in [-0.05, 0) is 12.1 Å². The van der Waals surface area contributed by atoms with Crippen LogP contribution in [0.15, 0.2) is 55.0 Å². The lowest BCUT2D eigenvalue weighted by Crippen LogP contribution is -2.31. The molecule has 1 aromatic carbocycles. The van der Waals surface area contributed by atoms with Gasteiger partial charge in [-0.2, -0.15) is 4.31 Å². The Morgan fingerprint density at radius 3 is 2.25 bits per heavy atom. The Balaban J connectivity index is 3.29. The van der Waals surface area contributed by atoms with E-state index in [0.717, 1.165) is 5.56 Å². The van der Waals surface area contributed by atoms with Crippen LogP contribution in [0.25, 0.3) is 6.08 Å². The molecule has 5 heteroatoms. The first-order chi connectivity index (χ1) is 9.51. The van der Waals surface area contributed by atoms with Crippen molar-refractivity contribution in [2.75, 3.05) is 20.2 Å². The highest BCUT2D eigenvalue weighted by Crippen LogP contribution is 2.25. The van der Waals surface area contributed by atoms with Gasteiger partial charge in [0.1, 0.15) is 5.75 Å². The molecule has 0 bridgehead atoms. The van der Waals surface area contributed by atoms with Gasteiger partial charge in [0.2, 0.25) is 10.0 Å². The molecule has 108 valence electrons. The van der Waals surface area contributed by atoms with Gasteiger partial charge in [0.05, 0.1) is 12.0 Å². The fraction of sp³-hybridized carbons (Fsp3) is 0.200. The summed E-state index contributed by atoms with van der Waals surface area (Å²) < 4.78 is 31.5. The number of methoxy groups -OCH3 is 1. The van der Waals surface area contributed by atoms with Gasteiger partial charge in [-0.3, -0.25) is 0 Å². The summed E-state index contributed by atoms with van der Waals surface area (Å²) in [5.41, 5.74) is 0.741. The molecule has 0 N–H and O–H groups in total. The van der Waals surface area contributed by atoms with Crippen molar-refractivity contribution in [3.05, 3.63) is 55.7 Å². The third kappa shape index (κ3) is 3.37. The van der Waals surface area contributed by atoms with E-state index in [4.69, 9.17) is 4.74 Å². The first-order valence-corrected chi connectivity index (χ1v) is 7.47. The maximum absolute atomic E-state index is 12.5. The average Bonchev–Trinajstić information content (AvgIpc) is 2.46. The van der Waals surface area contributed by atoms with Crippen LogP contribution in [0.4, 0.5) is 0 Å². The second kappa shape index (κ2) is 7.07. The lowest BCUT2D eigenvalue weighted by molar-refractivity contribution is 0.411. The van der Waals surface area contributed by atoms with Crippen LogP contribution in [-0.4, -0.2) is 32.9 Å². The van der Waals surface area contributed by atoms with E-state index in [9.17, 15) is 8.42 Å². The fourth-order valence-corrected chi connectivity index (χ4v) is 3.13. The standard InChI is InChI=1S/C15H19NO3S/c1-5-10-16(11-6-2)20(17,18)14-9-8-13(7-3)15(12-14)19-4/h5-9,12H,1-3,10-11H2,4H3. The normalized spacial score (nSPS) is 11.1. The van der Waals surface area contributed by atoms with Crippen molar-refractivity contribution in [3.63, 3.8) is 0 Å². The number of hydrogen-bond donors (Lipinski definition) is 0. The van der Waals surface area contributed by atoms with E-state index >= 15 is 0 Å². The molecule has 1 aromatic rings. The minimum Gasteiger partial charge on any atom is -0.496 e. The van der Waals surface area contributed by atoms with Crippen molar-refractivity contribution < 1.29 is 13.2 Å². The van der Waals surface area contributed by atoms with Gasteiger partial charge in [0, 0.05) is 24.7 Å². The molecule has 0 spiro atoms. The molecule has 0 atom stereocenters. The Labute approximate surface area is 120 Å². The molecular weight excluding hydrogens is 274 g/mol. The zero-order chi connectivity index (χ0) is 15.2. The van der Waals surface area contributed by atoms with E-state index < -0.39 is 10.0 Å². The van der Waals surface area contributed by atoms with E-state index in [1.165, 1.54) is 35.7 Å². The van der Waals surface area contributed by atoms with Gasteiger partial charge in [0.15, 0.2) is 0 Å². The summed E-state index contributed by atoms with van der Waals surface area (Å²) in [5.74, 6) is 0.471.